The molecule has 1 amide bonds. The third kappa shape index (κ3) is 3.98. The zero-order chi connectivity index (χ0) is 12.7. The monoisotopic (exact) mass is 240 g/mol. The maximum absolute atomic E-state index is 12.4. The van der Waals surface area contributed by atoms with Gasteiger partial charge >= 0.3 is 0 Å². The van der Waals surface area contributed by atoms with Crippen LogP contribution in [0.5, 0.6) is 0 Å². The molecule has 3 nitrogen and oxygen atoms in total. The van der Waals surface area contributed by atoms with Crippen molar-refractivity contribution in [2.24, 2.45) is 0 Å². The summed E-state index contributed by atoms with van der Waals surface area (Å²) < 4.78 is 0. The van der Waals surface area contributed by atoms with Crippen LogP contribution in [-0.4, -0.2) is 24.0 Å². The van der Waals surface area contributed by atoms with E-state index in [4.69, 9.17) is 0 Å². The van der Waals surface area contributed by atoms with E-state index in [-0.39, 0.29) is 11.4 Å². The van der Waals surface area contributed by atoms with E-state index >= 15 is 0 Å². The summed E-state index contributed by atoms with van der Waals surface area (Å²) in [6.45, 7) is 7.43. The molecule has 0 bridgehead atoms. The van der Waals surface area contributed by atoms with Gasteiger partial charge in [0.2, 0.25) is 5.91 Å². The first-order valence-corrected chi connectivity index (χ1v) is 7.20. The standard InChI is InChI=1S/C14H28N2O/c1-4-6-8-12(3)16-13(17)14(9-5-2)10-7-11-15-14/h12,15H,4-11H2,1-3H3,(H,16,17). The molecule has 0 aromatic rings. The highest BCUT2D eigenvalue weighted by atomic mass is 16.2. The number of rotatable bonds is 7. The third-order valence-corrected chi connectivity index (χ3v) is 3.72. The highest BCUT2D eigenvalue weighted by Crippen LogP contribution is 2.25. The van der Waals surface area contributed by atoms with Crippen molar-refractivity contribution >= 4 is 5.91 Å². The molecule has 1 fully saturated rings. The van der Waals surface area contributed by atoms with Gasteiger partial charge in [0, 0.05) is 6.04 Å². The molecule has 0 aromatic heterocycles. The summed E-state index contributed by atoms with van der Waals surface area (Å²) in [5, 5.41) is 6.60. The lowest BCUT2D eigenvalue weighted by Crippen LogP contribution is -2.55. The second-order valence-electron chi connectivity index (χ2n) is 5.38. The summed E-state index contributed by atoms with van der Waals surface area (Å²) >= 11 is 0. The van der Waals surface area contributed by atoms with E-state index in [0.717, 1.165) is 38.6 Å². The van der Waals surface area contributed by atoms with Gasteiger partial charge in [0.15, 0.2) is 0 Å². The van der Waals surface area contributed by atoms with Crippen molar-refractivity contribution in [2.45, 2.75) is 77.3 Å². The number of carbonyl (C=O) groups is 1. The average Bonchev–Trinajstić information content (AvgIpc) is 2.76. The molecule has 1 aliphatic heterocycles. The first kappa shape index (κ1) is 14.5. The van der Waals surface area contributed by atoms with Crippen LogP contribution in [0.4, 0.5) is 0 Å². The fraction of sp³-hybridized carbons (Fsp3) is 0.929. The lowest BCUT2D eigenvalue weighted by molar-refractivity contribution is -0.128. The molecule has 2 atom stereocenters. The van der Waals surface area contributed by atoms with Gasteiger partial charge < -0.3 is 10.6 Å². The van der Waals surface area contributed by atoms with Crippen molar-refractivity contribution in [1.29, 1.82) is 0 Å². The first-order chi connectivity index (χ1) is 8.14. The average molecular weight is 240 g/mol. The van der Waals surface area contributed by atoms with Gasteiger partial charge in [-0.15, -0.1) is 0 Å². The fourth-order valence-electron chi connectivity index (χ4n) is 2.70. The van der Waals surface area contributed by atoms with Gasteiger partial charge in [-0.25, -0.2) is 0 Å². The molecule has 2 unspecified atom stereocenters. The summed E-state index contributed by atoms with van der Waals surface area (Å²) in [6, 6.07) is 0.304. The van der Waals surface area contributed by atoms with Crippen LogP contribution in [0.1, 0.15) is 65.7 Å². The van der Waals surface area contributed by atoms with Crippen LogP contribution in [0.2, 0.25) is 0 Å². The molecule has 0 saturated carbocycles. The highest BCUT2D eigenvalue weighted by molar-refractivity contribution is 5.86. The van der Waals surface area contributed by atoms with Gasteiger partial charge in [0.1, 0.15) is 0 Å². The Morgan fingerprint density at radius 1 is 1.41 bits per heavy atom. The Morgan fingerprint density at radius 3 is 2.71 bits per heavy atom. The molecule has 1 aliphatic rings. The summed E-state index contributed by atoms with van der Waals surface area (Å²) in [6.07, 6.45) is 7.60. The van der Waals surface area contributed by atoms with E-state index < -0.39 is 0 Å². The Morgan fingerprint density at radius 2 is 2.18 bits per heavy atom. The van der Waals surface area contributed by atoms with Crippen molar-refractivity contribution in [3.8, 4) is 0 Å². The maximum atomic E-state index is 12.4. The molecule has 1 saturated heterocycles. The molecule has 0 spiro atoms. The van der Waals surface area contributed by atoms with Crippen molar-refractivity contribution < 1.29 is 4.79 Å². The minimum absolute atomic E-state index is 0.223. The van der Waals surface area contributed by atoms with Gasteiger partial charge in [-0.3, -0.25) is 4.79 Å². The van der Waals surface area contributed by atoms with Gasteiger partial charge in [0.05, 0.1) is 5.54 Å². The minimum Gasteiger partial charge on any atom is -0.352 e. The molecule has 0 aromatic carbocycles. The van der Waals surface area contributed by atoms with Crippen LogP contribution in [-0.2, 0) is 4.79 Å². The summed E-state index contributed by atoms with van der Waals surface area (Å²) in [5.74, 6) is 0.223. The molecular formula is C14H28N2O. The lowest BCUT2D eigenvalue weighted by atomic mass is 9.90. The van der Waals surface area contributed by atoms with Crippen molar-refractivity contribution in [3.05, 3.63) is 0 Å². The molecule has 1 rings (SSSR count). The largest absolute Gasteiger partial charge is 0.352 e. The lowest BCUT2D eigenvalue weighted by Gasteiger charge is -2.29. The molecule has 3 heteroatoms. The predicted molar refractivity (Wildman–Crippen MR) is 72.0 cm³/mol. The topological polar surface area (TPSA) is 41.1 Å². The molecule has 2 N–H and O–H groups in total. The van der Waals surface area contributed by atoms with Crippen LogP contribution >= 0.6 is 0 Å². The van der Waals surface area contributed by atoms with E-state index in [1.807, 2.05) is 0 Å². The van der Waals surface area contributed by atoms with Gasteiger partial charge in [0.25, 0.3) is 0 Å². The Balaban J connectivity index is 2.48. The second-order valence-corrected chi connectivity index (χ2v) is 5.38. The number of amides is 1. The summed E-state index contributed by atoms with van der Waals surface area (Å²) in [4.78, 5) is 12.4. The second kappa shape index (κ2) is 7.00. The van der Waals surface area contributed by atoms with Crippen molar-refractivity contribution in [1.82, 2.24) is 10.6 Å². The Kier molecular flexibility index (Phi) is 5.96. The zero-order valence-corrected chi connectivity index (χ0v) is 11.6. The predicted octanol–water partition coefficient (Wildman–Crippen LogP) is 2.60. The maximum Gasteiger partial charge on any atom is 0.240 e. The number of hydrogen-bond acceptors (Lipinski definition) is 2. The third-order valence-electron chi connectivity index (χ3n) is 3.72. The van der Waals surface area contributed by atoms with E-state index in [0.29, 0.717) is 6.04 Å². The first-order valence-electron chi connectivity index (χ1n) is 7.20. The molecule has 17 heavy (non-hydrogen) atoms. The van der Waals surface area contributed by atoms with Crippen molar-refractivity contribution in [2.75, 3.05) is 6.54 Å². The SMILES string of the molecule is CCCCC(C)NC(=O)C1(CCC)CCCN1. The van der Waals surface area contributed by atoms with Crippen LogP contribution in [0.15, 0.2) is 0 Å². The summed E-state index contributed by atoms with van der Waals surface area (Å²) in [5.41, 5.74) is -0.269. The Hall–Kier alpha value is -0.570. The van der Waals surface area contributed by atoms with E-state index in [2.05, 4.69) is 31.4 Å². The van der Waals surface area contributed by atoms with Gasteiger partial charge in [-0.05, 0) is 39.2 Å². The molecule has 0 aliphatic carbocycles. The van der Waals surface area contributed by atoms with Crippen LogP contribution in [0, 0.1) is 0 Å². The zero-order valence-electron chi connectivity index (χ0n) is 11.6. The minimum atomic E-state index is -0.269. The van der Waals surface area contributed by atoms with E-state index in [1.54, 1.807) is 0 Å². The molecule has 0 radical (unpaired) electrons. The normalized spacial score (nSPS) is 25.8. The molecule has 100 valence electrons. The Labute approximate surface area is 106 Å². The van der Waals surface area contributed by atoms with E-state index in [9.17, 15) is 4.79 Å². The van der Waals surface area contributed by atoms with Crippen molar-refractivity contribution in [3.63, 3.8) is 0 Å². The number of carbonyl (C=O) groups excluding carboxylic acids is 1. The van der Waals surface area contributed by atoms with Crippen LogP contribution in [0.25, 0.3) is 0 Å². The van der Waals surface area contributed by atoms with E-state index in [1.165, 1.54) is 12.8 Å². The van der Waals surface area contributed by atoms with Gasteiger partial charge in [-0.1, -0.05) is 33.1 Å². The quantitative estimate of drug-likeness (QED) is 0.718. The number of nitrogens with one attached hydrogen (secondary N) is 2. The smallest absolute Gasteiger partial charge is 0.240 e. The van der Waals surface area contributed by atoms with Gasteiger partial charge in [-0.2, -0.15) is 0 Å². The number of hydrogen-bond donors (Lipinski definition) is 2. The number of unbranched alkanes of at least 4 members (excludes halogenated alkanes) is 1. The van der Waals surface area contributed by atoms with Crippen LogP contribution < -0.4 is 10.6 Å². The fourth-order valence-corrected chi connectivity index (χ4v) is 2.70. The molecule has 1 heterocycles. The Bertz CT molecular complexity index is 234. The highest BCUT2D eigenvalue weighted by Gasteiger charge is 2.40. The summed E-state index contributed by atoms with van der Waals surface area (Å²) in [7, 11) is 0. The van der Waals surface area contributed by atoms with Crippen LogP contribution in [0.3, 0.4) is 0 Å². The molecular weight excluding hydrogens is 212 g/mol.